The minimum Gasteiger partial charge on any atom is -0.311 e. The summed E-state index contributed by atoms with van der Waals surface area (Å²) in [6.07, 6.45) is 0.0453. The largest absolute Gasteiger partial charge is 0.311 e. The summed E-state index contributed by atoms with van der Waals surface area (Å²) in [4.78, 5) is 15.9. The number of aromatic nitrogens is 1. The van der Waals surface area contributed by atoms with Gasteiger partial charge in [0.2, 0.25) is 15.9 Å². The Balaban J connectivity index is 1.78. The molecule has 0 aliphatic carbocycles. The van der Waals surface area contributed by atoms with Gasteiger partial charge < -0.3 is 5.32 Å². The van der Waals surface area contributed by atoms with Crippen molar-refractivity contribution in [2.45, 2.75) is 19.1 Å². The van der Waals surface area contributed by atoms with Crippen LogP contribution in [0.2, 0.25) is 0 Å². The van der Waals surface area contributed by atoms with Crippen LogP contribution in [0.3, 0.4) is 0 Å². The summed E-state index contributed by atoms with van der Waals surface area (Å²) in [5.41, 5.74) is 1.50. The number of benzene rings is 1. The zero-order valence-corrected chi connectivity index (χ0v) is 13.6. The second kappa shape index (κ2) is 7.85. The minimum absolute atomic E-state index is 0.0453. The van der Waals surface area contributed by atoms with Crippen molar-refractivity contribution in [3.63, 3.8) is 0 Å². The van der Waals surface area contributed by atoms with Crippen LogP contribution in [-0.2, 0) is 20.6 Å². The lowest BCUT2D eigenvalue weighted by molar-refractivity contribution is -0.116. The fourth-order valence-electron chi connectivity index (χ4n) is 1.98. The van der Waals surface area contributed by atoms with Crippen molar-refractivity contribution in [1.29, 1.82) is 0 Å². The molecule has 122 valence electrons. The number of nitrogens with zero attached hydrogens (tertiary/aromatic N) is 1. The highest BCUT2D eigenvalue weighted by Gasteiger charge is 2.12. The van der Waals surface area contributed by atoms with E-state index in [1.807, 2.05) is 19.1 Å². The first-order chi connectivity index (χ1) is 10.9. The number of carbonyl (C=O) groups excluding carboxylic acids is 1. The molecule has 0 unspecified atom stereocenters. The third-order valence-electron chi connectivity index (χ3n) is 3.03. The lowest BCUT2D eigenvalue weighted by Crippen LogP contribution is -2.29. The Morgan fingerprint density at radius 2 is 1.83 bits per heavy atom. The molecule has 0 saturated heterocycles. The molecule has 0 bridgehead atoms. The molecule has 0 saturated carbocycles. The van der Waals surface area contributed by atoms with Crippen LogP contribution < -0.4 is 10.0 Å². The Morgan fingerprint density at radius 1 is 1.09 bits per heavy atom. The van der Waals surface area contributed by atoms with Gasteiger partial charge in [-0.15, -0.1) is 0 Å². The van der Waals surface area contributed by atoms with Crippen molar-refractivity contribution < 1.29 is 13.2 Å². The molecule has 1 aromatic heterocycles. The normalized spacial score (nSPS) is 11.2. The van der Waals surface area contributed by atoms with Crippen molar-refractivity contribution in [2.24, 2.45) is 0 Å². The maximum Gasteiger partial charge on any atom is 0.226 e. The highest BCUT2D eigenvalue weighted by Crippen LogP contribution is 2.05. The molecule has 2 rings (SSSR count). The van der Waals surface area contributed by atoms with E-state index in [0.717, 1.165) is 5.69 Å². The molecule has 0 aliphatic rings. The van der Waals surface area contributed by atoms with Gasteiger partial charge in [-0.05, 0) is 24.6 Å². The summed E-state index contributed by atoms with van der Waals surface area (Å²) in [7, 11) is -3.46. The molecule has 1 heterocycles. The lowest BCUT2D eigenvalue weighted by atomic mass is 10.2. The van der Waals surface area contributed by atoms with Crippen molar-refractivity contribution in [2.75, 3.05) is 11.9 Å². The van der Waals surface area contributed by atoms with E-state index in [-0.39, 0.29) is 24.6 Å². The molecule has 0 spiro atoms. The standard InChI is InChI=1S/C16H19N3O3S/c1-13-6-5-9-15(18-13)19-16(20)10-11-17-23(21,22)12-14-7-3-2-4-8-14/h2-9,17H,10-12H2,1H3,(H,18,19,20). The van der Waals surface area contributed by atoms with Gasteiger partial charge >= 0.3 is 0 Å². The molecule has 7 heteroatoms. The number of carbonyl (C=O) groups is 1. The number of pyridine rings is 1. The monoisotopic (exact) mass is 333 g/mol. The molecule has 0 atom stereocenters. The quantitative estimate of drug-likeness (QED) is 0.809. The highest BCUT2D eigenvalue weighted by atomic mass is 32.2. The zero-order valence-electron chi connectivity index (χ0n) is 12.8. The third-order valence-corrected chi connectivity index (χ3v) is 4.39. The first-order valence-corrected chi connectivity index (χ1v) is 8.85. The fraction of sp³-hybridized carbons (Fsp3) is 0.250. The molecule has 0 aliphatic heterocycles. The number of aryl methyl sites for hydroxylation is 1. The molecule has 6 nitrogen and oxygen atoms in total. The summed E-state index contributed by atoms with van der Waals surface area (Å²) >= 11 is 0. The van der Waals surface area contributed by atoms with Gasteiger partial charge in [0.05, 0.1) is 5.75 Å². The number of amides is 1. The van der Waals surface area contributed by atoms with E-state index in [0.29, 0.717) is 11.4 Å². The molecular weight excluding hydrogens is 314 g/mol. The smallest absolute Gasteiger partial charge is 0.226 e. The first kappa shape index (κ1) is 17.1. The summed E-state index contributed by atoms with van der Waals surface area (Å²) < 4.78 is 26.3. The summed E-state index contributed by atoms with van der Waals surface area (Å²) in [6, 6.07) is 14.2. The van der Waals surface area contributed by atoms with Crippen LogP contribution in [0, 0.1) is 6.92 Å². The Bertz CT molecular complexity index is 761. The van der Waals surface area contributed by atoms with Crippen molar-refractivity contribution in [3.8, 4) is 0 Å². The Hall–Kier alpha value is -2.25. The predicted octanol–water partition coefficient (Wildman–Crippen LogP) is 1.84. The first-order valence-electron chi connectivity index (χ1n) is 7.19. The fourth-order valence-corrected chi connectivity index (χ4v) is 3.13. The predicted molar refractivity (Wildman–Crippen MR) is 89.3 cm³/mol. The van der Waals surface area contributed by atoms with E-state index in [1.165, 1.54) is 0 Å². The minimum atomic E-state index is -3.46. The van der Waals surface area contributed by atoms with E-state index in [4.69, 9.17) is 0 Å². The molecule has 1 aromatic carbocycles. The van der Waals surface area contributed by atoms with Crippen LogP contribution in [0.5, 0.6) is 0 Å². The van der Waals surface area contributed by atoms with Gasteiger partial charge in [-0.3, -0.25) is 4.79 Å². The summed E-state index contributed by atoms with van der Waals surface area (Å²) in [6.45, 7) is 1.88. The van der Waals surface area contributed by atoms with Crippen LogP contribution in [0.15, 0.2) is 48.5 Å². The average molecular weight is 333 g/mol. The van der Waals surface area contributed by atoms with Gasteiger partial charge in [0, 0.05) is 18.7 Å². The SMILES string of the molecule is Cc1cccc(NC(=O)CCNS(=O)(=O)Cc2ccccc2)n1. The average Bonchev–Trinajstić information content (AvgIpc) is 2.47. The van der Waals surface area contributed by atoms with E-state index in [9.17, 15) is 13.2 Å². The van der Waals surface area contributed by atoms with E-state index < -0.39 is 10.0 Å². The molecule has 0 fully saturated rings. The van der Waals surface area contributed by atoms with Crippen LogP contribution >= 0.6 is 0 Å². The number of hydrogen-bond donors (Lipinski definition) is 2. The van der Waals surface area contributed by atoms with Crippen LogP contribution in [0.25, 0.3) is 0 Å². The Kier molecular flexibility index (Phi) is 5.84. The Labute approximate surface area is 136 Å². The number of anilines is 1. The number of hydrogen-bond acceptors (Lipinski definition) is 4. The van der Waals surface area contributed by atoms with Crippen molar-refractivity contribution in [1.82, 2.24) is 9.71 Å². The molecule has 1 amide bonds. The number of sulfonamides is 1. The molecular formula is C16H19N3O3S. The van der Waals surface area contributed by atoms with Gasteiger partial charge in [-0.2, -0.15) is 0 Å². The summed E-state index contributed by atoms with van der Waals surface area (Å²) in [5.74, 6) is 0.0715. The van der Waals surface area contributed by atoms with Gasteiger partial charge in [0.15, 0.2) is 0 Å². The second-order valence-corrected chi connectivity index (χ2v) is 6.91. The molecule has 23 heavy (non-hydrogen) atoms. The van der Waals surface area contributed by atoms with Crippen molar-refractivity contribution in [3.05, 3.63) is 59.8 Å². The maximum absolute atomic E-state index is 11.9. The second-order valence-electron chi connectivity index (χ2n) is 5.10. The van der Waals surface area contributed by atoms with Gasteiger partial charge in [-0.1, -0.05) is 36.4 Å². The van der Waals surface area contributed by atoms with Crippen LogP contribution in [0.1, 0.15) is 17.7 Å². The van der Waals surface area contributed by atoms with E-state index >= 15 is 0 Å². The van der Waals surface area contributed by atoms with Gasteiger partial charge in [0.25, 0.3) is 0 Å². The van der Waals surface area contributed by atoms with Gasteiger partial charge in [-0.25, -0.2) is 18.1 Å². The molecule has 2 aromatic rings. The summed E-state index contributed by atoms with van der Waals surface area (Å²) in [5, 5.41) is 2.63. The zero-order chi connectivity index (χ0) is 16.7. The number of nitrogens with one attached hydrogen (secondary N) is 2. The van der Waals surface area contributed by atoms with Crippen LogP contribution in [0.4, 0.5) is 5.82 Å². The Morgan fingerprint density at radius 3 is 2.52 bits per heavy atom. The van der Waals surface area contributed by atoms with Crippen LogP contribution in [-0.4, -0.2) is 25.9 Å². The maximum atomic E-state index is 11.9. The van der Waals surface area contributed by atoms with Crippen molar-refractivity contribution >= 4 is 21.7 Å². The topological polar surface area (TPSA) is 88.2 Å². The van der Waals surface area contributed by atoms with E-state index in [1.54, 1.807) is 36.4 Å². The van der Waals surface area contributed by atoms with E-state index in [2.05, 4.69) is 15.0 Å². The molecule has 0 radical (unpaired) electrons. The lowest BCUT2D eigenvalue weighted by Gasteiger charge is -2.07. The number of rotatable bonds is 7. The molecule has 2 N–H and O–H groups in total. The highest BCUT2D eigenvalue weighted by molar-refractivity contribution is 7.88. The third kappa shape index (κ3) is 6.17. The van der Waals surface area contributed by atoms with Gasteiger partial charge in [0.1, 0.15) is 5.82 Å².